The summed E-state index contributed by atoms with van der Waals surface area (Å²) in [6.45, 7) is 20.5. The number of allylic oxidation sites excluding steroid dienone is 2. The molecule has 5 aliphatic carbocycles. The SMILES string of the molecule is CC(C)C1=C2C3CCC4C(C)(CCC5C(C)C(OC(=O)CC(C)(C)C(=O)OC(C)(C)C)CCC54C)C3CCC2(CC[N+](=O)[O-])CC1=O. The van der Waals surface area contributed by atoms with Crippen LogP contribution in [-0.4, -0.2) is 40.9 Å². The van der Waals surface area contributed by atoms with Gasteiger partial charge in [-0.25, -0.2) is 0 Å². The zero-order valence-corrected chi connectivity index (χ0v) is 30.8. The van der Waals surface area contributed by atoms with Gasteiger partial charge in [0, 0.05) is 23.2 Å². The van der Waals surface area contributed by atoms with Gasteiger partial charge in [-0.2, -0.15) is 0 Å². The van der Waals surface area contributed by atoms with Gasteiger partial charge in [0.2, 0.25) is 6.54 Å². The van der Waals surface area contributed by atoms with E-state index in [1.54, 1.807) is 13.8 Å². The molecule has 8 nitrogen and oxygen atoms in total. The molecule has 8 heteroatoms. The number of nitro groups is 1. The number of Topliss-reactive ketones (excluding diaryl/α,β-unsaturated/α-hetero) is 1. The second-order valence-electron chi connectivity index (χ2n) is 18.7. The summed E-state index contributed by atoms with van der Waals surface area (Å²) in [5.74, 6) is 1.71. The van der Waals surface area contributed by atoms with Crippen LogP contribution in [0.4, 0.5) is 0 Å². The molecule has 4 saturated carbocycles. The first-order valence-electron chi connectivity index (χ1n) is 18.5. The number of hydrogen-bond donors (Lipinski definition) is 0. The molecular weight excluding hydrogens is 594 g/mol. The number of hydrogen-bond acceptors (Lipinski definition) is 7. The second kappa shape index (κ2) is 12.3. The zero-order chi connectivity index (χ0) is 34.9. The van der Waals surface area contributed by atoms with Crippen molar-refractivity contribution < 1.29 is 28.8 Å². The summed E-state index contributed by atoms with van der Waals surface area (Å²) in [6, 6.07) is 0. The molecular formula is C39H61NO7. The van der Waals surface area contributed by atoms with Crippen molar-refractivity contribution in [1.29, 1.82) is 0 Å². The Morgan fingerprint density at radius 1 is 0.957 bits per heavy atom. The maximum Gasteiger partial charge on any atom is 0.312 e. The first-order chi connectivity index (χ1) is 21.6. The summed E-state index contributed by atoms with van der Waals surface area (Å²) in [5.41, 5.74) is 0.690. The molecule has 0 amide bonds. The molecule has 0 radical (unpaired) electrons. The Morgan fingerprint density at radius 3 is 2.19 bits per heavy atom. The van der Waals surface area contributed by atoms with Gasteiger partial charge in [0.05, 0.1) is 11.8 Å². The number of carbonyl (C=O) groups is 3. The molecule has 5 aliphatic rings. The van der Waals surface area contributed by atoms with E-state index >= 15 is 0 Å². The third-order valence-electron chi connectivity index (χ3n) is 13.9. The van der Waals surface area contributed by atoms with Gasteiger partial charge >= 0.3 is 11.9 Å². The van der Waals surface area contributed by atoms with Crippen LogP contribution in [0.5, 0.6) is 0 Å². The number of esters is 2. The topological polar surface area (TPSA) is 113 Å². The maximum absolute atomic E-state index is 13.5. The summed E-state index contributed by atoms with van der Waals surface area (Å²) in [7, 11) is 0. The van der Waals surface area contributed by atoms with Crippen molar-refractivity contribution in [2.75, 3.05) is 6.54 Å². The average molecular weight is 656 g/mol. The lowest BCUT2D eigenvalue weighted by atomic mass is 9.38. The van der Waals surface area contributed by atoms with Gasteiger partial charge in [0.15, 0.2) is 5.78 Å². The lowest BCUT2D eigenvalue weighted by Crippen LogP contribution is -2.60. The molecule has 0 N–H and O–H groups in total. The zero-order valence-electron chi connectivity index (χ0n) is 30.8. The summed E-state index contributed by atoms with van der Waals surface area (Å²) in [5, 5.41) is 11.5. The number of fused-ring (bicyclic) bond motifs is 7. The maximum atomic E-state index is 13.5. The Kier molecular flexibility index (Phi) is 9.40. The van der Waals surface area contributed by atoms with Crippen LogP contribution in [0.1, 0.15) is 140 Å². The highest BCUT2D eigenvalue weighted by atomic mass is 16.6. The van der Waals surface area contributed by atoms with E-state index < -0.39 is 11.0 Å². The lowest BCUT2D eigenvalue weighted by Gasteiger charge is -2.67. The van der Waals surface area contributed by atoms with Crippen molar-refractivity contribution in [2.45, 2.75) is 152 Å². The minimum Gasteiger partial charge on any atom is -0.462 e. The Balaban J connectivity index is 1.33. The molecule has 0 saturated heterocycles. The van der Waals surface area contributed by atoms with Crippen LogP contribution >= 0.6 is 0 Å². The quantitative estimate of drug-likeness (QED) is 0.146. The van der Waals surface area contributed by atoms with E-state index in [0.29, 0.717) is 36.5 Å². The molecule has 4 fully saturated rings. The van der Waals surface area contributed by atoms with Crippen molar-refractivity contribution >= 4 is 17.7 Å². The standard InChI is InChI=1S/C39H61NO7/c1-23(2)32-28(41)21-39(19-20-40(44)45)18-14-27-25(33(32)39)11-12-30-37(9)17-15-29(24(3)26(37)13-16-38(27,30)10)46-31(42)22-36(7,8)34(43)47-35(4,5)6/h23-27,29-30H,11-22H2,1-10H3. The highest BCUT2D eigenvalue weighted by Crippen LogP contribution is 2.72. The van der Waals surface area contributed by atoms with Crippen molar-refractivity contribution in [3.63, 3.8) is 0 Å². The van der Waals surface area contributed by atoms with E-state index in [1.807, 2.05) is 20.8 Å². The molecule has 9 unspecified atom stereocenters. The van der Waals surface area contributed by atoms with Crippen LogP contribution in [0.3, 0.4) is 0 Å². The highest BCUT2D eigenvalue weighted by molar-refractivity contribution is 6.00. The van der Waals surface area contributed by atoms with E-state index in [9.17, 15) is 24.5 Å². The largest absolute Gasteiger partial charge is 0.462 e. The second-order valence-corrected chi connectivity index (χ2v) is 18.7. The van der Waals surface area contributed by atoms with Crippen LogP contribution in [0.15, 0.2) is 11.1 Å². The van der Waals surface area contributed by atoms with Crippen molar-refractivity contribution in [2.24, 2.45) is 57.2 Å². The third-order valence-corrected chi connectivity index (χ3v) is 13.9. The van der Waals surface area contributed by atoms with Crippen LogP contribution in [0, 0.1) is 67.3 Å². The summed E-state index contributed by atoms with van der Waals surface area (Å²) < 4.78 is 11.7. The minimum atomic E-state index is -0.961. The Hall–Kier alpha value is -2.25. The van der Waals surface area contributed by atoms with E-state index in [1.165, 1.54) is 5.57 Å². The van der Waals surface area contributed by atoms with E-state index in [-0.39, 0.29) is 69.8 Å². The van der Waals surface area contributed by atoms with Crippen LogP contribution < -0.4 is 0 Å². The predicted molar refractivity (Wildman–Crippen MR) is 181 cm³/mol. The summed E-state index contributed by atoms with van der Waals surface area (Å²) in [4.78, 5) is 50.9. The molecule has 0 aliphatic heterocycles. The molecule has 0 spiro atoms. The fraction of sp³-hybridized carbons (Fsp3) is 0.872. The van der Waals surface area contributed by atoms with E-state index in [2.05, 4.69) is 34.6 Å². The molecule has 0 aromatic heterocycles. The number of nitrogens with zero attached hydrogens (tertiary/aromatic N) is 1. The minimum absolute atomic E-state index is 0.00327. The van der Waals surface area contributed by atoms with Gasteiger partial charge in [-0.15, -0.1) is 0 Å². The van der Waals surface area contributed by atoms with Crippen molar-refractivity contribution in [3.05, 3.63) is 21.3 Å². The summed E-state index contributed by atoms with van der Waals surface area (Å²) in [6.07, 6.45) is 8.92. The van der Waals surface area contributed by atoms with Gasteiger partial charge in [0.1, 0.15) is 11.7 Å². The fourth-order valence-corrected chi connectivity index (χ4v) is 11.9. The van der Waals surface area contributed by atoms with Gasteiger partial charge in [-0.1, -0.05) is 40.2 Å². The molecule has 0 aromatic carbocycles. The van der Waals surface area contributed by atoms with E-state index in [0.717, 1.165) is 56.9 Å². The first kappa shape index (κ1) is 36.0. The molecule has 0 heterocycles. The Bertz CT molecular complexity index is 1320. The molecule has 264 valence electrons. The van der Waals surface area contributed by atoms with Crippen LogP contribution in [0.25, 0.3) is 0 Å². The predicted octanol–water partition coefficient (Wildman–Crippen LogP) is 8.52. The van der Waals surface area contributed by atoms with Crippen LogP contribution in [-0.2, 0) is 23.9 Å². The Morgan fingerprint density at radius 2 is 1.57 bits per heavy atom. The molecule has 47 heavy (non-hydrogen) atoms. The molecule has 0 bridgehead atoms. The molecule has 0 aromatic rings. The fourth-order valence-electron chi connectivity index (χ4n) is 11.9. The van der Waals surface area contributed by atoms with Crippen molar-refractivity contribution in [1.82, 2.24) is 0 Å². The van der Waals surface area contributed by atoms with Gasteiger partial charge in [-0.3, -0.25) is 24.5 Å². The number of rotatable bonds is 8. The summed E-state index contributed by atoms with van der Waals surface area (Å²) >= 11 is 0. The highest BCUT2D eigenvalue weighted by Gasteiger charge is 2.65. The number of ketones is 1. The Labute approximate surface area is 282 Å². The number of ether oxygens (including phenoxy) is 2. The molecule has 9 atom stereocenters. The lowest BCUT2D eigenvalue weighted by molar-refractivity contribution is -0.482. The number of carbonyl (C=O) groups excluding carboxylic acids is 3. The molecule has 5 rings (SSSR count). The van der Waals surface area contributed by atoms with Gasteiger partial charge < -0.3 is 9.47 Å². The van der Waals surface area contributed by atoms with Gasteiger partial charge in [-0.05, 0) is 138 Å². The average Bonchev–Trinajstić information content (AvgIpc) is 3.25. The normalized spacial score (nSPS) is 38.7. The van der Waals surface area contributed by atoms with E-state index in [4.69, 9.17) is 9.47 Å². The third kappa shape index (κ3) is 6.33. The smallest absolute Gasteiger partial charge is 0.312 e. The van der Waals surface area contributed by atoms with Crippen molar-refractivity contribution in [3.8, 4) is 0 Å². The first-order valence-corrected chi connectivity index (χ1v) is 18.5. The van der Waals surface area contributed by atoms with Gasteiger partial charge in [0.25, 0.3) is 0 Å². The monoisotopic (exact) mass is 655 g/mol. The van der Waals surface area contributed by atoms with Crippen LogP contribution in [0.2, 0.25) is 0 Å².